The van der Waals surface area contributed by atoms with Crippen molar-refractivity contribution in [2.45, 2.75) is 50.2 Å². The van der Waals surface area contributed by atoms with Gasteiger partial charge >= 0.3 is 12.4 Å². The van der Waals surface area contributed by atoms with Crippen molar-refractivity contribution in [3.63, 3.8) is 0 Å². The highest BCUT2D eigenvalue weighted by Gasteiger charge is 2.59. The lowest BCUT2D eigenvalue weighted by atomic mass is 9.83. The number of ether oxygens (including phenoxy) is 1. The molecule has 20 heavy (non-hydrogen) atoms. The van der Waals surface area contributed by atoms with Crippen LogP contribution in [0, 0.1) is 5.92 Å². The third kappa shape index (κ3) is 3.46. The molecule has 114 valence electrons. The van der Waals surface area contributed by atoms with Crippen LogP contribution in [0.2, 0.25) is 0 Å². The molecule has 2 rings (SSSR count). The molecule has 1 heterocycles. The first-order valence-corrected chi connectivity index (χ1v) is 6.24. The molecule has 0 amide bonds. The zero-order valence-electron chi connectivity index (χ0n) is 10.3. The van der Waals surface area contributed by atoms with Gasteiger partial charge in [0, 0.05) is 0 Å². The molecule has 0 aromatic rings. The van der Waals surface area contributed by atoms with Gasteiger partial charge in [-0.1, -0.05) is 18.9 Å². The van der Waals surface area contributed by atoms with Crippen molar-refractivity contribution < 1.29 is 31.1 Å². The monoisotopic (exact) mass is 301 g/mol. The van der Waals surface area contributed by atoms with Crippen LogP contribution in [0.3, 0.4) is 0 Å². The molecular formula is C12H13F6NO. The van der Waals surface area contributed by atoms with E-state index in [4.69, 9.17) is 0 Å². The molecule has 0 aromatic heterocycles. The molecule has 1 aliphatic carbocycles. The van der Waals surface area contributed by atoms with E-state index in [1.54, 1.807) is 6.08 Å². The molecule has 0 aromatic carbocycles. The summed E-state index contributed by atoms with van der Waals surface area (Å²) in [4.78, 5) is 3.88. The van der Waals surface area contributed by atoms with Crippen molar-refractivity contribution in [2.75, 3.05) is 0 Å². The minimum atomic E-state index is -5.52. The van der Waals surface area contributed by atoms with Gasteiger partial charge in [0.25, 0.3) is 6.10 Å². The molecule has 2 nitrogen and oxygen atoms in total. The Labute approximate surface area is 111 Å². The number of fused-ring (bicyclic) bond motifs is 1. The van der Waals surface area contributed by atoms with E-state index in [2.05, 4.69) is 9.73 Å². The Balaban J connectivity index is 2.12. The van der Waals surface area contributed by atoms with Gasteiger partial charge in [-0.3, -0.25) is 0 Å². The van der Waals surface area contributed by atoms with Crippen molar-refractivity contribution >= 4 is 5.90 Å². The predicted molar refractivity (Wildman–Crippen MR) is 59.3 cm³/mol. The molecule has 0 spiro atoms. The van der Waals surface area contributed by atoms with Crippen LogP contribution in [0.5, 0.6) is 0 Å². The third-order valence-electron chi connectivity index (χ3n) is 3.39. The highest BCUT2D eigenvalue weighted by molar-refractivity contribution is 5.88. The van der Waals surface area contributed by atoms with Gasteiger partial charge in [-0.2, -0.15) is 26.3 Å². The second-order valence-corrected chi connectivity index (χ2v) is 4.92. The van der Waals surface area contributed by atoms with Crippen LogP contribution < -0.4 is 0 Å². The van der Waals surface area contributed by atoms with Gasteiger partial charge < -0.3 is 4.74 Å². The number of rotatable bonds is 1. The maximum absolute atomic E-state index is 12.4. The second-order valence-electron chi connectivity index (χ2n) is 4.92. The van der Waals surface area contributed by atoms with Crippen LogP contribution in [-0.2, 0) is 4.74 Å². The van der Waals surface area contributed by atoms with Gasteiger partial charge in [0.2, 0.25) is 5.90 Å². The highest BCUT2D eigenvalue weighted by Crippen LogP contribution is 2.37. The topological polar surface area (TPSA) is 21.6 Å². The first-order chi connectivity index (χ1) is 9.18. The van der Waals surface area contributed by atoms with Crippen LogP contribution in [0.25, 0.3) is 0 Å². The maximum atomic E-state index is 12.4. The van der Waals surface area contributed by atoms with E-state index < -0.39 is 24.4 Å². The number of aliphatic imine (C=N–C) groups is 1. The molecule has 0 radical (unpaired) electrons. The minimum absolute atomic E-state index is 0.0892. The number of hydrogen-bond acceptors (Lipinski definition) is 2. The zero-order valence-corrected chi connectivity index (χ0v) is 10.3. The molecule has 1 saturated carbocycles. The fourth-order valence-electron chi connectivity index (χ4n) is 2.45. The van der Waals surface area contributed by atoms with E-state index in [-0.39, 0.29) is 12.0 Å². The average molecular weight is 301 g/mol. The Hall–Kier alpha value is -1.21. The fourth-order valence-corrected chi connectivity index (χ4v) is 2.45. The number of halogens is 6. The largest absolute Gasteiger partial charge is 0.455 e. The van der Waals surface area contributed by atoms with Gasteiger partial charge in [-0.15, -0.1) is 0 Å². The molecular weight excluding hydrogens is 288 g/mol. The van der Waals surface area contributed by atoms with Gasteiger partial charge in [-0.25, -0.2) is 4.99 Å². The molecule has 0 saturated heterocycles. The lowest BCUT2D eigenvalue weighted by Crippen LogP contribution is -2.45. The molecule has 0 N–H and O–H groups in total. The van der Waals surface area contributed by atoms with Crippen LogP contribution in [0.15, 0.2) is 17.1 Å². The van der Waals surface area contributed by atoms with Gasteiger partial charge in [0.05, 0.1) is 6.04 Å². The molecule has 0 bridgehead atoms. The van der Waals surface area contributed by atoms with Crippen molar-refractivity contribution in [1.29, 1.82) is 0 Å². The molecule has 1 fully saturated rings. The van der Waals surface area contributed by atoms with Crippen molar-refractivity contribution in [2.24, 2.45) is 10.9 Å². The smallest absolute Gasteiger partial charge is 0.434 e. The fraction of sp³-hybridized carbons (Fsp3) is 0.750. The lowest BCUT2D eigenvalue weighted by molar-refractivity contribution is -0.303. The van der Waals surface area contributed by atoms with Crippen molar-refractivity contribution in [3.05, 3.63) is 12.2 Å². The Morgan fingerprint density at radius 3 is 2.25 bits per heavy atom. The number of hydrogen-bond donors (Lipinski definition) is 0. The Morgan fingerprint density at radius 2 is 1.65 bits per heavy atom. The van der Waals surface area contributed by atoms with Gasteiger partial charge in [0.15, 0.2) is 0 Å². The van der Waals surface area contributed by atoms with Crippen LogP contribution in [0.4, 0.5) is 26.3 Å². The van der Waals surface area contributed by atoms with E-state index >= 15 is 0 Å². The maximum Gasteiger partial charge on any atom is 0.434 e. The number of nitrogens with zero attached hydrogens (tertiary/aromatic N) is 1. The predicted octanol–water partition coefficient (Wildman–Crippen LogP) is 4.02. The van der Waals surface area contributed by atoms with E-state index in [9.17, 15) is 26.3 Å². The quantitative estimate of drug-likeness (QED) is 0.670. The van der Waals surface area contributed by atoms with Crippen LogP contribution in [-0.4, -0.2) is 30.4 Å². The summed E-state index contributed by atoms with van der Waals surface area (Å²) in [5.41, 5.74) is 0. The SMILES string of the molecule is FC(F)(F)C(OC1=N[C@@H]2CCCC[C@@H]2C=C1)C(F)(F)F. The summed E-state index contributed by atoms with van der Waals surface area (Å²) in [7, 11) is 0. The molecule has 1 aliphatic heterocycles. The van der Waals surface area contributed by atoms with Gasteiger partial charge in [-0.05, 0) is 24.8 Å². The lowest BCUT2D eigenvalue weighted by Gasteiger charge is -2.31. The van der Waals surface area contributed by atoms with Gasteiger partial charge in [0.1, 0.15) is 0 Å². The second kappa shape index (κ2) is 5.29. The summed E-state index contributed by atoms with van der Waals surface area (Å²) in [5.74, 6) is -0.501. The van der Waals surface area contributed by atoms with Crippen LogP contribution in [0.1, 0.15) is 25.7 Å². The van der Waals surface area contributed by atoms with E-state index in [0.29, 0.717) is 6.42 Å². The summed E-state index contributed by atoms with van der Waals surface area (Å²) >= 11 is 0. The number of alkyl halides is 6. The first-order valence-electron chi connectivity index (χ1n) is 6.24. The van der Waals surface area contributed by atoms with Crippen molar-refractivity contribution in [1.82, 2.24) is 0 Å². The highest BCUT2D eigenvalue weighted by atomic mass is 19.4. The third-order valence-corrected chi connectivity index (χ3v) is 3.39. The number of dihydropyridines is 1. The zero-order chi connectivity index (χ0) is 15.0. The van der Waals surface area contributed by atoms with E-state index in [1.807, 2.05) is 0 Å². The Morgan fingerprint density at radius 1 is 1.05 bits per heavy atom. The minimum Gasteiger partial charge on any atom is -0.455 e. The van der Waals surface area contributed by atoms with Crippen molar-refractivity contribution in [3.8, 4) is 0 Å². The van der Waals surface area contributed by atoms with Crippen LogP contribution >= 0.6 is 0 Å². The summed E-state index contributed by atoms with van der Waals surface area (Å²) in [6.07, 6.45) is -8.80. The molecule has 2 atom stereocenters. The summed E-state index contributed by atoms with van der Waals surface area (Å²) in [6.45, 7) is 0. The van der Waals surface area contributed by atoms with E-state index in [0.717, 1.165) is 25.3 Å². The summed E-state index contributed by atoms with van der Waals surface area (Å²) < 4.78 is 78.4. The molecule has 2 aliphatic rings. The molecule has 0 unspecified atom stereocenters. The average Bonchev–Trinajstić information content (AvgIpc) is 2.33. The molecule has 8 heteroatoms. The van der Waals surface area contributed by atoms with E-state index in [1.165, 1.54) is 0 Å². The summed E-state index contributed by atoms with van der Waals surface area (Å²) in [5, 5.41) is 0. The Kier molecular flexibility index (Phi) is 4.02. The summed E-state index contributed by atoms with van der Waals surface area (Å²) in [6, 6.07) is -0.272. The Bertz CT molecular complexity index is 397. The normalized spacial score (nSPS) is 27.2. The first kappa shape index (κ1) is 15.2. The standard InChI is InChI=1S/C12H13F6NO/c13-11(14,15)10(12(16,17)18)20-9-6-5-7-3-1-2-4-8(7)19-9/h5-8,10H,1-4H2/t7-,8-/m1/s1.